The monoisotopic (exact) mass is 228 g/mol. The van der Waals surface area contributed by atoms with Crippen LogP contribution in [-0.2, 0) is 4.74 Å². The van der Waals surface area contributed by atoms with Crippen LogP contribution >= 0.6 is 0 Å². The first-order chi connectivity index (χ1) is 7.61. The van der Waals surface area contributed by atoms with E-state index in [4.69, 9.17) is 9.84 Å². The van der Waals surface area contributed by atoms with E-state index in [1.807, 2.05) is 4.98 Å². The largest absolute Gasteiger partial charge is 0.393 e. The van der Waals surface area contributed by atoms with Crippen LogP contribution in [0, 0.1) is 0 Å². The van der Waals surface area contributed by atoms with Crippen molar-refractivity contribution in [3.8, 4) is 0 Å². The lowest BCUT2D eigenvalue weighted by molar-refractivity contribution is -0.0214. The molecule has 1 aliphatic heterocycles. The predicted molar refractivity (Wildman–Crippen MR) is 51.5 cm³/mol. The van der Waals surface area contributed by atoms with Gasteiger partial charge in [0.1, 0.15) is 11.9 Å². The van der Waals surface area contributed by atoms with E-state index in [1.165, 1.54) is 0 Å². The molecule has 86 valence electrons. The first-order valence-electron chi connectivity index (χ1n) is 4.57. The summed E-state index contributed by atoms with van der Waals surface area (Å²) >= 11 is 0. The summed E-state index contributed by atoms with van der Waals surface area (Å²) in [6.45, 7) is -0.373. The number of hydrogen-bond acceptors (Lipinski definition) is 4. The molecule has 16 heavy (non-hydrogen) atoms. The average molecular weight is 228 g/mol. The second-order valence-corrected chi connectivity index (χ2v) is 3.28. The highest BCUT2D eigenvalue weighted by molar-refractivity contribution is 5.08. The number of aliphatic hydroxyl groups is 1. The van der Waals surface area contributed by atoms with Gasteiger partial charge in [0, 0.05) is 12.3 Å². The van der Waals surface area contributed by atoms with Crippen LogP contribution < -0.4 is 11.2 Å². The van der Waals surface area contributed by atoms with E-state index in [2.05, 4.69) is 0 Å². The Morgan fingerprint density at radius 3 is 2.88 bits per heavy atom. The third-order valence-electron chi connectivity index (χ3n) is 2.17. The van der Waals surface area contributed by atoms with Crippen LogP contribution in [0.1, 0.15) is 6.23 Å². The van der Waals surface area contributed by atoms with Crippen LogP contribution in [0.3, 0.4) is 0 Å². The first kappa shape index (κ1) is 10.8. The number of nitrogens with one attached hydrogen (secondary N) is 1. The van der Waals surface area contributed by atoms with Crippen LogP contribution in [0.2, 0.25) is 0 Å². The van der Waals surface area contributed by atoms with Crippen LogP contribution in [-0.4, -0.2) is 27.4 Å². The van der Waals surface area contributed by atoms with Gasteiger partial charge in [-0.3, -0.25) is 14.3 Å². The lowest BCUT2D eigenvalue weighted by Gasteiger charge is -2.14. The number of aliphatic hydroxyl groups excluding tert-OH is 1. The molecule has 0 aliphatic carbocycles. The summed E-state index contributed by atoms with van der Waals surface area (Å²) in [6.07, 6.45) is 0.228. The molecule has 1 aromatic rings. The van der Waals surface area contributed by atoms with Gasteiger partial charge in [0.05, 0.1) is 6.61 Å². The molecule has 1 aromatic heterocycles. The predicted octanol–water partition coefficient (Wildman–Crippen LogP) is -0.720. The molecule has 0 radical (unpaired) electrons. The molecule has 0 bridgehead atoms. The van der Waals surface area contributed by atoms with Gasteiger partial charge < -0.3 is 9.84 Å². The summed E-state index contributed by atoms with van der Waals surface area (Å²) in [7, 11) is 0. The molecule has 0 spiro atoms. The van der Waals surface area contributed by atoms with E-state index in [0.29, 0.717) is 0 Å². The van der Waals surface area contributed by atoms with Crippen molar-refractivity contribution in [1.82, 2.24) is 9.55 Å². The Balaban J connectivity index is 2.37. The Kier molecular flexibility index (Phi) is 2.71. The summed E-state index contributed by atoms with van der Waals surface area (Å²) in [4.78, 5) is 24.1. The van der Waals surface area contributed by atoms with Gasteiger partial charge in [0.15, 0.2) is 6.23 Å². The van der Waals surface area contributed by atoms with Crippen molar-refractivity contribution in [3.05, 3.63) is 45.0 Å². The van der Waals surface area contributed by atoms with E-state index in [-0.39, 0.29) is 6.61 Å². The lowest BCUT2D eigenvalue weighted by Crippen LogP contribution is -2.32. The summed E-state index contributed by atoms with van der Waals surface area (Å²) in [5.41, 5.74) is -1.33. The molecule has 2 rings (SSSR count). The fraction of sp³-hybridized carbons (Fsp3) is 0.333. The van der Waals surface area contributed by atoms with Crippen LogP contribution in [0.15, 0.2) is 33.8 Å². The molecular formula is C9H9FN2O4. The van der Waals surface area contributed by atoms with Gasteiger partial charge in [-0.2, -0.15) is 0 Å². The maximum absolute atomic E-state index is 13.4. The molecule has 7 heteroatoms. The Morgan fingerprint density at radius 2 is 2.31 bits per heavy atom. The Bertz CT molecular complexity index is 533. The minimum absolute atomic E-state index is 0.373. The van der Waals surface area contributed by atoms with Crippen LogP contribution in [0.25, 0.3) is 0 Å². The third kappa shape index (κ3) is 1.82. The normalized spacial score (nSPS) is 24.5. The molecule has 2 N–H and O–H groups in total. The smallest absolute Gasteiger partial charge is 0.330 e. The maximum Gasteiger partial charge on any atom is 0.330 e. The third-order valence-corrected chi connectivity index (χ3v) is 2.17. The van der Waals surface area contributed by atoms with Crippen molar-refractivity contribution < 1.29 is 14.2 Å². The fourth-order valence-electron chi connectivity index (χ4n) is 1.44. The zero-order valence-corrected chi connectivity index (χ0v) is 8.09. The number of nitrogens with zero attached hydrogens (tertiary/aromatic N) is 1. The second kappa shape index (κ2) is 4.03. The quantitative estimate of drug-likeness (QED) is 0.699. The van der Waals surface area contributed by atoms with E-state index < -0.39 is 29.4 Å². The molecule has 0 fully saturated rings. The van der Waals surface area contributed by atoms with E-state index in [1.54, 1.807) is 0 Å². The number of halogens is 1. The lowest BCUT2D eigenvalue weighted by atomic mass is 10.3. The van der Waals surface area contributed by atoms with Gasteiger partial charge in [0.25, 0.3) is 5.56 Å². The summed E-state index contributed by atoms with van der Waals surface area (Å²) in [6, 6.07) is 1.09. The standard InChI is InChI=1S/C9H9FN2O4/c10-6-3-5(4-13)16-8(6)12-2-1-7(14)11-9(12)15/h1-3,5,8,13H,4H2,(H,11,14,15)/t5-,8+/m0/s1. The zero-order chi connectivity index (χ0) is 11.7. The van der Waals surface area contributed by atoms with Crippen molar-refractivity contribution >= 4 is 0 Å². The molecule has 0 aromatic carbocycles. The number of aromatic nitrogens is 2. The van der Waals surface area contributed by atoms with Crippen molar-refractivity contribution in [1.29, 1.82) is 0 Å². The summed E-state index contributed by atoms with van der Waals surface area (Å²) < 4.78 is 19.3. The van der Waals surface area contributed by atoms with Crippen molar-refractivity contribution in [2.75, 3.05) is 6.61 Å². The number of hydrogen-bond donors (Lipinski definition) is 2. The summed E-state index contributed by atoms with van der Waals surface area (Å²) in [5, 5.41) is 8.78. The average Bonchev–Trinajstić information content (AvgIpc) is 2.60. The van der Waals surface area contributed by atoms with Gasteiger partial charge >= 0.3 is 5.69 Å². The highest BCUT2D eigenvalue weighted by Crippen LogP contribution is 2.27. The molecule has 0 unspecified atom stereocenters. The van der Waals surface area contributed by atoms with E-state index in [9.17, 15) is 14.0 Å². The Hall–Kier alpha value is -1.73. The highest BCUT2D eigenvalue weighted by Gasteiger charge is 2.29. The van der Waals surface area contributed by atoms with Crippen molar-refractivity contribution in [2.45, 2.75) is 12.3 Å². The van der Waals surface area contributed by atoms with Gasteiger partial charge in [-0.15, -0.1) is 0 Å². The number of H-pyrrole nitrogens is 1. The van der Waals surface area contributed by atoms with Crippen LogP contribution in [0.5, 0.6) is 0 Å². The van der Waals surface area contributed by atoms with Crippen molar-refractivity contribution in [3.63, 3.8) is 0 Å². The van der Waals surface area contributed by atoms with Gasteiger partial charge in [-0.1, -0.05) is 0 Å². The molecule has 2 atom stereocenters. The fourth-order valence-corrected chi connectivity index (χ4v) is 1.44. The maximum atomic E-state index is 13.4. The number of rotatable bonds is 2. The molecule has 0 saturated carbocycles. The van der Waals surface area contributed by atoms with Gasteiger partial charge in [-0.05, 0) is 6.08 Å². The second-order valence-electron chi connectivity index (χ2n) is 3.28. The number of ether oxygens (including phenoxy) is 1. The SMILES string of the molecule is O=c1ccn([C@@H]2O[C@H](CO)C=C2F)c(=O)[nH]1. The molecule has 6 nitrogen and oxygen atoms in total. The van der Waals surface area contributed by atoms with Gasteiger partial charge in [0.2, 0.25) is 0 Å². The number of aromatic amines is 1. The van der Waals surface area contributed by atoms with E-state index in [0.717, 1.165) is 22.9 Å². The molecule has 0 saturated heterocycles. The molecule has 0 amide bonds. The van der Waals surface area contributed by atoms with E-state index >= 15 is 0 Å². The molecule has 2 heterocycles. The van der Waals surface area contributed by atoms with Crippen molar-refractivity contribution in [2.24, 2.45) is 0 Å². The minimum Gasteiger partial charge on any atom is -0.393 e. The first-order valence-corrected chi connectivity index (χ1v) is 4.57. The Labute approximate surface area is 88.6 Å². The molecule has 1 aliphatic rings. The highest BCUT2D eigenvalue weighted by atomic mass is 19.1. The van der Waals surface area contributed by atoms with Crippen LogP contribution in [0.4, 0.5) is 4.39 Å². The van der Waals surface area contributed by atoms with Gasteiger partial charge in [-0.25, -0.2) is 9.18 Å². The minimum atomic E-state index is -1.22. The Morgan fingerprint density at radius 1 is 1.56 bits per heavy atom. The molecular weight excluding hydrogens is 219 g/mol. The topological polar surface area (TPSA) is 84.3 Å². The zero-order valence-electron chi connectivity index (χ0n) is 8.09. The summed E-state index contributed by atoms with van der Waals surface area (Å²) in [5.74, 6) is -0.673.